The number of amides is 1. The number of hydrogen-bond acceptors (Lipinski definition) is 6. The van der Waals surface area contributed by atoms with Crippen molar-refractivity contribution in [3.8, 4) is 0 Å². The van der Waals surface area contributed by atoms with E-state index >= 15 is 0 Å². The Labute approximate surface area is 141 Å². The molecule has 3 rings (SSSR count). The maximum atomic E-state index is 12.6. The SMILES string of the molecule is CCc1ccc(C(=O)N2CCO[C@H](c3ccnc(N(C)C)n3)C2)o1. The molecule has 0 aliphatic carbocycles. The number of anilines is 1. The van der Waals surface area contributed by atoms with Crippen LogP contribution in [0.4, 0.5) is 5.95 Å². The number of hydrogen-bond donors (Lipinski definition) is 0. The molecule has 1 atom stereocenters. The van der Waals surface area contributed by atoms with E-state index in [0.29, 0.717) is 31.4 Å². The van der Waals surface area contributed by atoms with E-state index in [4.69, 9.17) is 9.15 Å². The standard InChI is InChI=1S/C17H22N4O3/c1-4-12-5-6-14(24-12)16(22)21-9-10-23-15(11-21)13-7-8-18-17(19-13)20(2)3/h5-8,15H,4,9-11H2,1-3H3/t15-/m0/s1. The summed E-state index contributed by atoms with van der Waals surface area (Å²) in [5.74, 6) is 1.71. The molecule has 0 N–H and O–H groups in total. The van der Waals surface area contributed by atoms with E-state index in [9.17, 15) is 4.79 Å². The van der Waals surface area contributed by atoms with Crippen LogP contribution in [0.2, 0.25) is 0 Å². The predicted octanol–water partition coefficient (Wildman–Crippen LogP) is 1.91. The van der Waals surface area contributed by atoms with Crippen molar-refractivity contribution in [3.05, 3.63) is 41.6 Å². The van der Waals surface area contributed by atoms with Crippen LogP contribution in [-0.4, -0.2) is 54.6 Å². The number of aryl methyl sites for hydroxylation is 1. The Hall–Kier alpha value is -2.41. The van der Waals surface area contributed by atoms with Crippen LogP contribution >= 0.6 is 0 Å². The van der Waals surface area contributed by atoms with Gasteiger partial charge in [0.2, 0.25) is 5.95 Å². The van der Waals surface area contributed by atoms with E-state index in [1.807, 2.05) is 38.1 Å². The molecule has 7 nitrogen and oxygen atoms in total. The Morgan fingerprint density at radius 3 is 2.92 bits per heavy atom. The zero-order chi connectivity index (χ0) is 17.1. The third-order valence-corrected chi connectivity index (χ3v) is 3.97. The fourth-order valence-corrected chi connectivity index (χ4v) is 2.61. The van der Waals surface area contributed by atoms with Crippen LogP contribution in [0.5, 0.6) is 0 Å². The number of nitrogens with zero attached hydrogens (tertiary/aromatic N) is 4. The minimum Gasteiger partial charge on any atom is -0.456 e. The van der Waals surface area contributed by atoms with Crippen LogP contribution in [0, 0.1) is 0 Å². The number of aromatic nitrogens is 2. The Balaban J connectivity index is 1.74. The zero-order valence-electron chi connectivity index (χ0n) is 14.2. The number of ether oxygens (including phenoxy) is 1. The molecule has 1 amide bonds. The zero-order valence-corrected chi connectivity index (χ0v) is 14.2. The Bertz CT molecular complexity index is 713. The van der Waals surface area contributed by atoms with Crippen LogP contribution in [0.15, 0.2) is 28.8 Å². The molecular formula is C17H22N4O3. The van der Waals surface area contributed by atoms with E-state index in [2.05, 4.69) is 9.97 Å². The summed E-state index contributed by atoms with van der Waals surface area (Å²) in [5, 5.41) is 0. The van der Waals surface area contributed by atoms with Crippen LogP contribution in [0.1, 0.15) is 35.0 Å². The van der Waals surface area contributed by atoms with E-state index in [1.165, 1.54) is 0 Å². The lowest BCUT2D eigenvalue weighted by atomic mass is 10.2. The first-order chi connectivity index (χ1) is 11.6. The first kappa shape index (κ1) is 16.4. The Kier molecular flexibility index (Phi) is 4.80. The fraction of sp³-hybridized carbons (Fsp3) is 0.471. The molecule has 1 aliphatic heterocycles. The summed E-state index contributed by atoms with van der Waals surface area (Å²) in [6, 6.07) is 5.41. The molecule has 0 aromatic carbocycles. The minimum atomic E-state index is -0.259. The van der Waals surface area contributed by atoms with Gasteiger partial charge in [0.1, 0.15) is 11.9 Å². The molecule has 7 heteroatoms. The molecule has 0 saturated carbocycles. The van der Waals surface area contributed by atoms with Gasteiger partial charge in [-0.2, -0.15) is 0 Å². The molecule has 0 unspecified atom stereocenters. The van der Waals surface area contributed by atoms with Crippen LogP contribution in [0.25, 0.3) is 0 Å². The average molecular weight is 330 g/mol. The van der Waals surface area contributed by atoms with Crippen LogP contribution in [0.3, 0.4) is 0 Å². The Morgan fingerprint density at radius 1 is 1.38 bits per heavy atom. The van der Waals surface area contributed by atoms with Crippen molar-refractivity contribution < 1.29 is 13.9 Å². The van der Waals surface area contributed by atoms with Crippen molar-refractivity contribution in [2.45, 2.75) is 19.4 Å². The topological polar surface area (TPSA) is 71.7 Å². The predicted molar refractivity (Wildman–Crippen MR) is 89.0 cm³/mol. The van der Waals surface area contributed by atoms with Gasteiger partial charge in [0.25, 0.3) is 5.91 Å². The largest absolute Gasteiger partial charge is 0.456 e. The smallest absolute Gasteiger partial charge is 0.289 e. The summed E-state index contributed by atoms with van der Waals surface area (Å²) < 4.78 is 11.4. The average Bonchev–Trinajstić information content (AvgIpc) is 3.10. The van der Waals surface area contributed by atoms with E-state index in [-0.39, 0.29) is 12.0 Å². The number of rotatable bonds is 4. The third-order valence-electron chi connectivity index (χ3n) is 3.97. The second-order valence-corrected chi connectivity index (χ2v) is 5.91. The van der Waals surface area contributed by atoms with Crippen molar-refractivity contribution in [2.75, 3.05) is 38.7 Å². The van der Waals surface area contributed by atoms with E-state index in [1.54, 1.807) is 17.2 Å². The lowest BCUT2D eigenvalue weighted by Crippen LogP contribution is -2.42. The fourth-order valence-electron chi connectivity index (χ4n) is 2.61. The molecule has 0 spiro atoms. The molecule has 1 saturated heterocycles. The summed E-state index contributed by atoms with van der Waals surface area (Å²) in [7, 11) is 3.78. The van der Waals surface area contributed by atoms with Crippen molar-refractivity contribution >= 4 is 11.9 Å². The van der Waals surface area contributed by atoms with Gasteiger partial charge >= 0.3 is 0 Å². The second kappa shape index (κ2) is 7.00. The molecule has 0 bridgehead atoms. The highest BCUT2D eigenvalue weighted by Gasteiger charge is 2.28. The molecule has 128 valence electrons. The maximum Gasteiger partial charge on any atom is 0.289 e. The quantitative estimate of drug-likeness (QED) is 0.853. The van der Waals surface area contributed by atoms with Crippen molar-refractivity contribution in [3.63, 3.8) is 0 Å². The first-order valence-electron chi connectivity index (χ1n) is 8.08. The van der Waals surface area contributed by atoms with Gasteiger partial charge < -0.3 is 19.0 Å². The summed E-state index contributed by atoms with van der Waals surface area (Å²) >= 11 is 0. The monoisotopic (exact) mass is 330 g/mol. The number of carbonyl (C=O) groups is 1. The molecule has 2 aromatic heterocycles. The van der Waals surface area contributed by atoms with Crippen molar-refractivity contribution in [1.29, 1.82) is 0 Å². The van der Waals surface area contributed by atoms with E-state index < -0.39 is 0 Å². The molecular weight excluding hydrogens is 308 g/mol. The van der Waals surface area contributed by atoms with Gasteiger partial charge in [-0.15, -0.1) is 0 Å². The molecule has 1 fully saturated rings. The number of carbonyl (C=O) groups excluding carboxylic acids is 1. The number of furan rings is 1. The minimum absolute atomic E-state index is 0.107. The normalized spacial score (nSPS) is 17.8. The lowest BCUT2D eigenvalue weighted by Gasteiger charge is -2.32. The molecule has 24 heavy (non-hydrogen) atoms. The van der Waals surface area contributed by atoms with Gasteiger partial charge in [0.15, 0.2) is 5.76 Å². The number of morpholine rings is 1. The molecule has 3 heterocycles. The summed E-state index contributed by atoms with van der Waals surface area (Å²) in [4.78, 5) is 24.9. The van der Waals surface area contributed by atoms with Gasteiger partial charge in [-0.25, -0.2) is 9.97 Å². The second-order valence-electron chi connectivity index (χ2n) is 5.91. The van der Waals surface area contributed by atoms with Crippen LogP contribution < -0.4 is 4.90 Å². The summed E-state index contributed by atoms with van der Waals surface area (Å²) in [6.45, 7) is 3.46. The first-order valence-corrected chi connectivity index (χ1v) is 8.08. The lowest BCUT2D eigenvalue weighted by molar-refractivity contribution is -0.0257. The molecule has 2 aromatic rings. The van der Waals surface area contributed by atoms with Gasteiger partial charge in [0.05, 0.1) is 18.8 Å². The van der Waals surface area contributed by atoms with Gasteiger partial charge in [-0.05, 0) is 18.2 Å². The Morgan fingerprint density at radius 2 is 2.21 bits per heavy atom. The summed E-state index contributed by atoms with van der Waals surface area (Å²) in [6.07, 6.45) is 2.22. The third kappa shape index (κ3) is 3.41. The van der Waals surface area contributed by atoms with Crippen molar-refractivity contribution in [2.24, 2.45) is 0 Å². The van der Waals surface area contributed by atoms with Gasteiger partial charge in [-0.1, -0.05) is 6.92 Å². The molecule has 1 aliphatic rings. The highest BCUT2D eigenvalue weighted by atomic mass is 16.5. The highest BCUT2D eigenvalue weighted by molar-refractivity contribution is 5.91. The van der Waals surface area contributed by atoms with Crippen molar-refractivity contribution in [1.82, 2.24) is 14.9 Å². The van der Waals surface area contributed by atoms with Gasteiger partial charge in [0, 0.05) is 33.3 Å². The van der Waals surface area contributed by atoms with Gasteiger partial charge in [-0.3, -0.25) is 4.79 Å². The molecule has 0 radical (unpaired) electrons. The van der Waals surface area contributed by atoms with Crippen LogP contribution in [-0.2, 0) is 11.2 Å². The summed E-state index contributed by atoms with van der Waals surface area (Å²) in [5.41, 5.74) is 0.778. The maximum absolute atomic E-state index is 12.6. The highest BCUT2D eigenvalue weighted by Crippen LogP contribution is 2.23. The van der Waals surface area contributed by atoms with E-state index in [0.717, 1.165) is 17.9 Å².